The molecule has 2 aromatic rings. The lowest BCUT2D eigenvalue weighted by Gasteiger charge is -2.07. The molecule has 0 saturated carbocycles. The van der Waals surface area contributed by atoms with Crippen molar-refractivity contribution in [1.82, 2.24) is 10.4 Å². The smallest absolute Gasteiger partial charge is 0.303 e. The molecular formula is C16H14ClN3O3. The van der Waals surface area contributed by atoms with Gasteiger partial charge in [-0.25, -0.2) is 5.43 Å². The highest BCUT2D eigenvalue weighted by atomic mass is 35.5. The van der Waals surface area contributed by atoms with Crippen molar-refractivity contribution in [3.8, 4) is 0 Å². The first-order valence-corrected chi connectivity index (χ1v) is 7.18. The number of hydrogen-bond donors (Lipinski definition) is 2. The first kappa shape index (κ1) is 16.6. The number of halogens is 1. The first-order valence-electron chi connectivity index (χ1n) is 6.81. The van der Waals surface area contributed by atoms with Crippen LogP contribution in [0.1, 0.15) is 28.8 Å². The van der Waals surface area contributed by atoms with Gasteiger partial charge in [0.2, 0.25) is 0 Å². The highest BCUT2D eigenvalue weighted by Gasteiger charge is 2.09. The fourth-order valence-electron chi connectivity index (χ4n) is 1.82. The lowest BCUT2D eigenvalue weighted by Crippen LogP contribution is -2.20. The highest BCUT2D eigenvalue weighted by molar-refractivity contribution is 6.30. The van der Waals surface area contributed by atoms with Gasteiger partial charge in [0.1, 0.15) is 0 Å². The van der Waals surface area contributed by atoms with Crippen molar-refractivity contribution >= 4 is 29.2 Å². The third kappa shape index (κ3) is 5.19. The molecule has 0 aliphatic carbocycles. The van der Waals surface area contributed by atoms with Crippen molar-refractivity contribution in [2.75, 3.05) is 0 Å². The van der Waals surface area contributed by atoms with Gasteiger partial charge in [0.25, 0.3) is 5.91 Å². The molecule has 0 saturated heterocycles. The number of hydrogen-bond acceptors (Lipinski definition) is 4. The third-order valence-electron chi connectivity index (χ3n) is 2.99. The number of amides is 1. The normalized spacial score (nSPS) is 11.1. The lowest BCUT2D eigenvalue weighted by atomic mass is 10.1. The van der Waals surface area contributed by atoms with Gasteiger partial charge < -0.3 is 5.11 Å². The van der Waals surface area contributed by atoms with E-state index in [0.717, 1.165) is 0 Å². The van der Waals surface area contributed by atoms with Crippen LogP contribution in [0.3, 0.4) is 0 Å². The van der Waals surface area contributed by atoms with Crippen molar-refractivity contribution in [3.63, 3.8) is 0 Å². The Kier molecular flexibility index (Phi) is 5.82. The van der Waals surface area contributed by atoms with E-state index < -0.39 is 11.9 Å². The Morgan fingerprint density at radius 3 is 2.30 bits per heavy atom. The first-order chi connectivity index (χ1) is 11.1. The van der Waals surface area contributed by atoms with E-state index in [1.807, 2.05) is 0 Å². The summed E-state index contributed by atoms with van der Waals surface area (Å²) in [7, 11) is 0. The van der Waals surface area contributed by atoms with Crippen LogP contribution in [0.4, 0.5) is 0 Å². The summed E-state index contributed by atoms with van der Waals surface area (Å²) in [6.07, 6.45) is 3.10. The average molecular weight is 332 g/mol. The van der Waals surface area contributed by atoms with Crippen molar-refractivity contribution in [1.29, 1.82) is 0 Å². The van der Waals surface area contributed by atoms with Crippen LogP contribution >= 0.6 is 11.6 Å². The van der Waals surface area contributed by atoms with Crippen LogP contribution < -0.4 is 5.43 Å². The maximum atomic E-state index is 12.0. The Morgan fingerprint density at radius 1 is 1.04 bits per heavy atom. The molecular weight excluding hydrogens is 318 g/mol. The van der Waals surface area contributed by atoms with Gasteiger partial charge in [0.05, 0.1) is 12.1 Å². The molecule has 0 bridgehead atoms. The molecule has 6 nitrogen and oxygen atoms in total. The number of rotatable bonds is 6. The molecule has 2 rings (SSSR count). The number of hydrazone groups is 1. The van der Waals surface area contributed by atoms with Crippen LogP contribution in [0.2, 0.25) is 5.02 Å². The van der Waals surface area contributed by atoms with E-state index in [-0.39, 0.29) is 12.8 Å². The Morgan fingerprint density at radius 2 is 1.70 bits per heavy atom. The number of benzene rings is 1. The Balaban J connectivity index is 2.17. The second kappa shape index (κ2) is 8.05. The van der Waals surface area contributed by atoms with Crippen LogP contribution in [-0.2, 0) is 4.79 Å². The molecule has 118 valence electrons. The highest BCUT2D eigenvalue weighted by Crippen LogP contribution is 2.12. The van der Waals surface area contributed by atoms with Gasteiger partial charge >= 0.3 is 5.97 Å². The topological polar surface area (TPSA) is 91.6 Å². The minimum atomic E-state index is -0.938. The minimum absolute atomic E-state index is 0.0907. The summed E-state index contributed by atoms with van der Waals surface area (Å²) in [4.78, 5) is 26.6. The summed E-state index contributed by atoms with van der Waals surface area (Å²) in [6.45, 7) is 0. The van der Waals surface area contributed by atoms with Crippen molar-refractivity contribution in [2.45, 2.75) is 12.8 Å². The van der Waals surface area contributed by atoms with Gasteiger partial charge in [-0.05, 0) is 29.8 Å². The molecule has 0 aliphatic heterocycles. The average Bonchev–Trinajstić information content (AvgIpc) is 2.56. The molecule has 1 aromatic carbocycles. The molecule has 0 spiro atoms. The van der Waals surface area contributed by atoms with E-state index in [2.05, 4.69) is 15.5 Å². The van der Waals surface area contributed by atoms with Gasteiger partial charge in [-0.15, -0.1) is 0 Å². The molecule has 0 fully saturated rings. The van der Waals surface area contributed by atoms with Gasteiger partial charge in [0, 0.05) is 29.4 Å². The van der Waals surface area contributed by atoms with Crippen LogP contribution in [0.25, 0.3) is 0 Å². The number of aromatic nitrogens is 1. The minimum Gasteiger partial charge on any atom is -0.481 e. The maximum absolute atomic E-state index is 12.0. The molecule has 1 amide bonds. The monoisotopic (exact) mass is 331 g/mol. The molecule has 1 aromatic heterocycles. The van der Waals surface area contributed by atoms with E-state index in [0.29, 0.717) is 21.9 Å². The van der Waals surface area contributed by atoms with Crippen LogP contribution in [-0.4, -0.2) is 27.7 Å². The Labute approximate surface area is 137 Å². The standard InChI is InChI=1S/C16H14ClN3O3/c17-13-3-1-11(2-4-13)14(5-6-15(21)22)19-20-16(23)12-7-9-18-10-8-12/h1-4,7-10H,5-6H2,(H,20,23)(H,21,22)/b19-14+. The zero-order valence-corrected chi connectivity index (χ0v) is 12.8. The quantitative estimate of drug-likeness (QED) is 0.629. The van der Waals surface area contributed by atoms with E-state index >= 15 is 0 Å². The molecule has 0 radical (unpaired) electrons. The number of nitrogens with one attached hydrogen (secondary N) is 1. The van der Waals surface area contributed by atoms with Crippen molar-refractivity contribution in [2.24, 2.45) is 5.10 Å². The van der Waals surface area contributed by atoms with Gasteiger partial charge in [-0.1, -0.05) is 23.7 Å². The fourth-order valence-corrected chi connectivity index (χ4v) is 1.94. The summed E-state index contributed by atoms with van der Waals surface area (Å²) < 4.78 is 0. The van der Waals surface area contributed by atoms with Crippen LogP contribution in [0.15, 0.2) is 53.9 Å². The van der Waals surface area contributed by atoms with Gasteiger partial charge in [-0.3, -0.25) is 14.6 Å². The summed E-state index contributed by atoms with van der Waals surface area (Å²) in [5, 5.41) is 13.5. The van der Waals surface area contributed by atoms with E-state index in [9.17, 15) is 9.59 Å². The fraction of sp³-hybridized carbons (Fsp3) is 0.125. The number of pyridine rings is 1. The molecule has 7 heteroatoms. The van der Waals surface area contributed by atoms with Gasteiger partial charge in [-0.2, -0.15) is 5.10 Å². The summed E-state index contributed by atoms with van der Waals surface area (Å²) in [5.41, 5.74) is 4.01. The van der Waals surface area contributed by atoms with Crippen LogP contribution in [0, 0.1) is 0 Å². The van der Waals surface area contributed by atoms with Crippen molar-refractivity contribution in [3.05, 3.63) is 64.9 Å². The largest absolute Gasteiger partial charge is 0.481 e. The Bertz CT molecular complexity index is 715. The molecule has 2 N–H and O–H groups in total. The maximum Gasteiger partial charge on any atom is 0.303 e. The van der Waals surface area contributed by atoms with E-state index in [1.165, 1.54) is 12.4 Å². The van der Waals surface area contributed by atoms with E-state index in [4.69, 9.17) is 16.7 Å². The number of nitrogens with zero attached hydrogens (tertiary/aromatic N) is 2. The molecule has 0 aliphatic rings. The number of carboxylic acid groups (broad SMARTS) is 1. The number of carboxylic acids is 1. The molecule has 0 unspecified atom stereocenters. The second-order valence-corrected chi connectivity index (χ2v) is 5.07. The SMILES string of the molecule is O=C(O)CC/C(=N\NC(=O)c1ccncc1)c1ccc(Cl)cc1. The zero-order chi connectivity index (χ0) is 16.7. The number of carbonyl (C=O) groups excluding carboxylic acids is 1. The Hall–Kier alpha value is -2.73. The van der Waals surface area contributed by atoms with Gasteiger partial charge in [0.15, 0.2) is 0 Å². The second-order valence-electron chi connectivity index (χ2n) is 4.64. The summed E-state index contributed by atoms with van der Waals surface area (Å²) >= 11 is 5.84. The lowest BCUT2D eigenvalue weighted by molar-refractivity contribution is -0.136. The molecule has 1 heterocycles. The van der Waals surface area contributed by atoms with E-state index in [1.54, 1.807) is 36.4 Å². The number of carbonyl (C=O) groups is 2. The molecule has 0 atom stereocenters. The van der Waals surface area contributed by atoms with Crippen molar-refractivity contribution < 1.29 is 14.7 Å². The summed E-state index contributed by atoms with van der Waals surface area (Å²) in [6, 6.07) is 9.92. The predicted octanol–water partition coefficient (Wildman–Crippen LogP) is 2.73. The summed E-state index contributed by atoms with van der Waals surface area (Å²) in [5.74, 6) is -1.33. The third-order valence-corrected chi connectivity index (χ3v) is 3.24. The predicted molar refractivity (Wildman–Crippen MR) is 86.6 cm³/mol. The zero-order valence-electron chi connectivity index (χ0n) is 12.1. The molecule has 23 heavy (non-hydrogen) atoms. The number of aliphatic carboxylic acids is 1. The van der Waals surface area contributed by atoms with Crippen LogP contribution in [0.5, 0.6) is 0 Å².